The standard InChI is InChI=1S/C11H19N3O2/c1-8(12)6-14-7-9(5-13-14)10(15)16-11(2,3)4/h5,7-8H,6,12H2,1-4H3. The van der Waals surface area contributed by atoms with Crippen LogP contribution in [0.2, 0.25) is 0 Å². The van der Waals surface area contributed by atoms with E-state index in [9.17, 15) is 4.79 Å². The molecule has 5 heteroatoms. The van der Waals surface area contributed by atoms with Crippen LogP contribution >= 0.6 is 0 Å². The summed E-state index contributed by atoms with van der Waals surface area (Å²) >= 11 is 0. The average molecular weight is 225 g/mol. The Bertz CT molecular complexity index is 364. The van der Waals surface area contributed by atoms with Gasteiger partial charge in [0.15, 0.2) is 0 Å². The lowest BCUT2D eigenvalue weighted by atomic mass is 10.2. The van der Waals surface area contributed by atoms with Crippen LogP contribution in [0, 0.1) is 0 Å². The van der Waals surface area contributed by atoms with E-state index in [1.165, 1.54) is 6.20 Å². The van der Waals surface area contributed by atoms with Crippen LogP contribution in [0.4, 0.5) is 0 Å². The number of rotatable bonds is 3. The molecule has 1 heterocycles. The van der Waals surface area contributed by atoms with Crippen LogP contribution in [0.15, 0.2) is 12.4 Å². The number of nitrogens with zero attached hydrogens (tertiary/aromatic N) is 2. The highest BCUT2D eigenvalue weighted by atomic mass is 16.6. The third-order valence-corrected chi connectivity index (χ3v) is 1.74. The molecule has 0 aromatic carbocycles. The second kappa shape index (κ2) is 4.65. The summed E-state index contributed by atoms with van der Waals surface area (Å²) in [5, 5.41) is 4.04. The van der Waals surface area contributed by atoms with Crippen molar-refractivity contribution >= 4 is 5.97 Å². The minimum absolute atomic E-state index is 0.00591. The Labute approximate surface area is 95.6 Å². The van der Waals surface area contributed by atoms with E-state index in [2.05, 4.69) is 5.10 Å². The summed E-state index contributed by atoms with van der Waals surface area (Å²) in [6.07, 6.45) is 3.15. The summed E-state index contributed by atoms with van der Waals surface area (Å²) in [6, 6.07) is 0.00591. The maximum absolute atomic E-state index is 11.7. The molecule has 1 rings (SSSR count). The maximum Gasteiger partial charge on any atom is 0.341 e. The van der Waals surface area contributed by atoms with Gasteiger partial charge in [-0.2, -0.15) is 5.10 Å². The summed E-state index contributed by atoms with van der Waals surface area (Å²) < 4.78 is 6.86. The number of carbonyl (C=O) groups excluding carboxylic acids is 1. The van der Waals surface area contributed by atoms with Gasteiger partial charge in [0.1, 0.15) is 5.60 Å². The molecule has 0 fully saturated rings. The second-order valence-corrected chi connectivity index (χ2v) is 4.93. The Balaban J connectivity index is 2.67. The van der Waals surface area contributed by atoms with E-state index >= 15 is 0 Å². The zero-order valence-electron chi connectivity index (χ0n) is 10.2. The Morgan fingerprint density at radius 1 is 1.62 bits per heavy atom. The normalized spacial score (nSPS) is 13.6. The molecule has 0 bridgehead atoms. The summed E-state index contributed by atoms with van der Waals surface area (Å²) in [5.74, 6) is -0.358. The fourth-order valence-electron chi connectivity index (χ4n) is 1.20. The van der Waals surface area contributed by atoms with Gasteiger partial charge in [-0.1, -0.05) is 0 Å². The largest absolute Gasteiger partial charge is 0.456 e. The summed E-state index contributed by atoms with van der Waals surface area (Å²) in [5.41, 5.74) is 5.60. The molecule has 0 aliphatic heterocycles. The fraction of sp³-hybridized carbons (Fsp3) is 0.636. The third-order valence-electron chi connectivity index (χ3n) is 1.74. The lowest BCUT2D eigenvalue weighted by molar-refractivity contribution is 0.00694. The molecule has 2 N–H and O–H groups in total. The summed E-state index contributed by atoms with van der Waals surface area (Å²) in [6.45, 7) is 7.96. The van der Waals surface area contributed by atoms with Crippen molar-refractivity contribution in [2.45, 2.75) is 45.9 Å². The smallest absolute Gasteiger partial charge is 0.341 e. The van der Waals surface area contributed by atoms with Crippen LogP contribution in [0.5, 0.6) is 0 Å². The molecule has 1 aromatic rings. The van der Waals surface area contributed by atoms with Crippen molar-refractivity contribution in [3.05, 3.63) is 18.0 Å². The van der Waals surface area contributed by atoms with Gasteiger partial charge in [0.2, 0.25) is 0 Å². The predicted octanol–water partition coefficient (Wildman–Crippen LogP) is 1.19. The van der Waals surface area contributed by atoms with Crippen LogP contribution in [0.25, 0.3) is 0 Å². The van der Waals surface area contributed by atoms with Crippen LogP contribution in [-0.4, -0.2) is 27.4 Å². The van der Waals surface area contributed by atoms with Crippen LogP contribution in [0.1, 0.15) is 38.1 Å². The minimum Gasteiger partial charge on any atom is -0.456 e. The van der Waals surface area contributed by atoms with Gasteiger partial charge in [-0.15, -0.1) is 0 Å². The van der Waals surface area contributed by atoms with Crippen LogP contribution in [0.3, 0.4) is 0 Å². The van der Waals surface area contributed by atoms with Gasteiger partial charge in [-0.05, 0) is 27.7 Å². The van der Waals surface area contributed by atoms with Gasteiger partial charge in [0.05, 0.1) is 18.3 Å². The van der Waals surface area contributed by atoms with Crippen LogP contribution < -0.4 is 5.73 Å². The first kappa shape index (κ1) is 12.7. The van der Waals surface area contributed by atoms with E-state index in [1.807, 2.05) is 27.7 Å². The first-order valence-electron chi connectivity index (χ1n) is 5.29. The van der Waals surface area contributed by atoms with Gasteiger partial charge in [-0.25, -0.2) is 4.79 Å². The van der Waals surface area contributed by atoms with Gasteiger partial charge >= 0.3 is 5.97 Å². The highest BCUT2D eigenvalue weighted by Crippen LogP contribution is 2.11. The van der Waals surface area contributed by atoms with E-state index in [0.29, 0.717) is 12.1 Å². The van der Waals surface area contributed by atoms with Crippen molar-refractivity contribution in [3.63, 3.8) is 0 Å². The highest BCUT2D eigenvalue weighted by Gasteiger charge is 2.19. The summed E-state index contributed by atoms with van der Waals surface area (Å²) in [7, 11) is 0. The second-order valence-electron chi connectivity index (χ2n) is 4.93. The predicted molar refractivity (Wildman–Crippen MR) is 61.0 cm³/mol. The Morgan fingerprint density at radius 3 is 2.75 bits per heavy atom. The molecule has 1 atom stereocenters. The van der Waals surface area contributed by atoms with Crippen molar-refractivity contribution in [3.8, 4) is 0 Å². The third kappa shape index (κ3) is 4.02. The molecular formula is C11H19N3O2. The number of esters is 1. The molecule has 90 valence electrons. The monoisotopic (exact) mass is 225 g/mol. The number of ether oxygens (including phenoxy) is 1. The first-order chi connectivity index (χ1) is 7.28. The number of carbonyl (C=O) groups is 1. The minimum atomic E-state index is -0.486. The molecule has 0 radical (unpaired) electrons. The molecule has 0 spiro atoms. The SMILES string of the molecule is CC(N)Cn1cc(C(=O)OC(C)(C)C)cn1. The molecular weight excluding hydrogens is 206 g/mol. The molecule has 16 heavy (non-hydrogen) atoms. The molecule has 1 aromatic heterocycles. The zero-order chi connectivity index (χ0) is 12.3. The molecule has 0 aliphatic rings. The van der Waals surface area contributed by atoms with Crippen molar-refractivity contribution in [2.75, 3.05) is 0 Å². The number of hydrogen-bond donors (Lipinski definition) is 1. The van der Waals surface area contributed by atoms with E-state index in [1.54, 1.807) is 10.9 Å². The fourth-order valence-corrected chi connectivity index (χ4v) is 1.20. The quantitative estimate of drug-likeness (QED) is 0.784. The molecule has 0 saturated heterocycles. The van der Waals surface area contributed by atoms with Crippen molar-refractivity contribution in [1.82, 2.24) is 9.78 Å². The van der Waals surface area contributed by atoms with Crippen molar-refractivity contribution in [1.29, 1.82) is 0 Å². The molecule has 0 aliphatic carbocycles. The van der Waals surface area contributed by atoms with E-state index in [0.717, 1.165) is 0 Å². The summed E-state index contributed by atoms with van der Waals surface area (Å²) in [4.78, 5) is 11.7. The van der Waals surface area contributed by atoms with Crippen molar-refractivity contribution in [2.24, 2.45) is 5.73 Å². The molecule has 5 nitrogen and oxygen atoms in total. The van der Waals surface area contributed by atoms with E-state index in [4.69, 9.17) is 10.5 Å². The van der Waals surface area contributed by atoms with Gasteiger partial charge in [0.25, 0.3) is 0 Å². The number of nitrogens with two attached hydrogens (primary N) is 1. The topological polar surface area (TPSA) is 70.1 Å². The Kier molecular flexibility index (Phi) is 3.70. The first-order valence-corrected chi connectivity index (χ1v) is 5.29. The van der Waals surface area contributed by atoms with Crippen LogP contribution in [-0.2, 0) is 11.3 Å². The number of hydrogen-bond acceptors (Lipinski definition) is 4. The average Bonchev–Trinajstić information content (AvgIpc) is 2.48. The lowest BCUT2D eigenvalue weighted by Crippen LogP contribution is -2.24. The van der Waals surface area contributed by atoms with Gasteiger partial charge in [0, 0.05) is 12.2 Å². The van der Waals surface area contributed by atoms with E-state index in [-0.39, 0.29) is 12.0 Å². The Hall–Kier alpha value is -1.36. The molecule has 1 unspecified atom stereocenters. The van der Waals surface area contributed by atoms with Crippen molar-refractivity contribution < 1.29 is 9.53 Å². The maximum atomic E-state index is 11.7. The zero-order valence-corrected chi connectivity index (χ0v) is 10.2. The van der Waals surface area contributed by atoms with E-state index < -0.39 is 5.60 Å². The molecule has 0 amide bonds. The van der Waals surface area contributed by atoms with Gasteiger partial charge in [-0.3, -0.25) is 4.68 Å². The number of aromatic nitrogens is 2. The van der Waals surface area contributed by atoms with Gasteiger partial charge < -0.3 is 10.5 Å². The Morgan fingerprint density at radius 2 is 2.25 bits per heavy atom. The highest BCUT2D eigenvalue weighted by molar-refractivity contribution is 5.89. The molecule has 0 saturated carbocycles. The lowest BCUT2D eigenvalue weighted by Gasteiger charge is -2.18.